The molecule has 0 bridgehead atoms. The van der Waals surface area contributed by atoms with Gasteiger partial charge in [-0.15, -0.1) is 0 Å². The van der Waals surface area contributed by atoms with Gasteiger partial charge in [-0.2, -0.15) is 5.26 Å². The maximum Gasteiger partial charge on any atom is 0.187 e. The summed E-state index contributed by atoms with van der Waals surface area (Å²) in [5, 5.41) is 8.47. The fraction of sp³-hybridized carbons (Fsp3) is 0.750. The maximum atomic E-state index is 10.6. The Bertz CT molecular complexity index is 171. The Kier molecular flexibility index (Phi) is 4.97. The topological polar surface area (TPSA) is 40.9 Å². The Morgan fingerprint density at radius 1 is 1.64 bits per heavy atom. The van der Waals surface area contributed by atoms with Crippen LogP contribution in [0, 0.1) is 17.2 Å². The zero-order chi connectivity index (χ0) is 8.85. The number of carbonyl (C=O) groups is 1. The molecule has 0 aromatic heterocycles. The van der Waals surface area contributed by atoms with E-state index < -0.39 is 0 Å². The van der Waals surface area contributed by atoms with Gasteiger partial charge < -0.3 is 0 Å². The Labute approximate surface area is 72.0 Å². The van der Waals surface area contributed by atoms with E-state index in [4.69, 9.17) is 5.26 Å². The van der Waals surface area contributed by atoms with Gasteiger partial charge in [0.05, 0.1) is 11.3 Å². The minimum atomic E-state index is -0.160. The first-order valence-corrected chi connectivity index (χ1v) is 4.51. The van der Waals surface area contributed by atoms with Crippen molar-refractivity contribution in [3.05, 3.63) is 0 Å². The standard InChI is InChI=1S/C8H13NOS/c1-6(2)4-8(5-9)11-7(3)10/h6,8H,4H2,1-3H3/t8-/m0/s1. The fourth-order valence-corrected chi connectivity index (χ4v) is 1.69. The molecule has 0 fully saturated rings. The molecule has 0 saturated heterocycles. The molecule has 0 N–H and O–H groups in total. The lowest BCUT2D eigenvalue weighted by Gasteiger charge is -2.07. The molecular formula is C8H13NOS. The Balaban J connectivity index is 3.79. The molecule has 0 unspecified atom stereocenters. The lowest BCUT2D eigenvalue weighted by Crippen LogP contribution is -2.05. The van der Waals surface area contributed by atoms with Gasteiger partial charge in [0, 0.05) is 6.92 Å². The lowest BCUT2D eigenvalue weighted by atomic mass is 10.1. The smallest absolute Gasteiger partial charge is 0.187 e. The van der Waals surface area contributed by atoms with E-state index in [2.05, 4.69) is 6.07 Å². The third-order valence-corrected chi connectivity index (χ3v) is 2.05. The summed E-state index contributed by atoms with van der Waals surface area (Å²) in [4.78, 5) is 10.6. The van der Waals surface area contributed by atoms with Crippen LogP contribution in [0.4, 0.5) is 0 Å². The summed E-state index contributed by atoms with van der Waals surface area (Å²) in [6.45, 7) is 5.59. The molecule has 1 atom stereocenters. The summed E-state index contributed by atoms with van der Waals surface area (Å²) >= 11 is 1.13. The van der Waals surface area contributed by atoms with Gasteiger partial charge in [0.1, 0.15) is 0 Å². The van der Waals surface area contributed by atoms with Crippen molar-refractivity contribution in [1.82, 2.24) is 0 Å². The van der Waals surface area contributed by atoms with Gasteiger partial charge in [-0.3, -0.25) is 4.79 Å². The third kappa shape index (κ3) is 5.93. The molecule has 0 aromatic carbocycles. The van der Waals surface area contributed by atoms with Crippen LogP contribution in [0.15, 0.2) is 0 Å². The molecule has 3 heteroatoms. The third-order valence-electron chi connectivity index (χ3n) is 1.14. The van der Waals surface area contributed by atoms with Crippen molar-refractivity contribution in [3.63, 3.8) is 0 Å². The molecule has 2 nitrogen and oxygen atoms in total. The first-order chi connectivity index (χ1) is 5.06. The molecule has 0 rings (SSSR count). The average molecular weight is 171 g/mol. The minimum Gasteiger partial charge on any atom is -0.288 e. The van der Waals surface area contributed by atoms with Crippen LogP contribution < -0.4 is 0 Å². The highest BCUT2D eigenvalue weighted by Gasteiger charge is 2.12. The molecule has 62 valence electrons. The van der Waals surface area contributed by atoms with Crippen LogP contribution in [-0.4, -0.2) is 10.4 Å². The highest BCUT2D eigenvalue weighted by molar-refractivity contribution is 8.14. The van der Waals surface area contributed by atoms with Crippen molar-refractivity contribution < 1.29 is 4.79 Å². The first kappa shape index (κ1) is 10.5. The number of thioether (sulfide) groups is 1. The first-order valence-electron chi connectivity index (χ1n) is 3.63. The van der Waals surface area contributed by atoms with Gasteiger partial charge in [-0.05, 0) is 12.3 Å². The second-order valence-corrected chi connectivity index (χ2v) is 4.24. The van der Waals surface area contributed by atoms with Crippen molar-refractivity contribution in [1.29, 1.82) is 5.26 Å². The van der Waals surface area contributed by atoms with Gasteiger partial charge >= 0.3 is 0 Å². The molecule has 0 spiro atoms. The Hall–Kier alpha value is -0.490. The quantitative estimate of drug-likeness (QED) is 0.653. The van der Waals surface area contributed by atoms with E-state index in [9.17, 15) is 4.79 Å². The summed E-state index contributed by atoms with van der Waals surface area (Å²) in [7, 11) is 0. The maximum absolute atomic E-state index is 10.6. The van der Waals surface area contributed by atoms with E-state index in [0.29, 0.717) is 5.92 Å². The molecule has 0 aliphatic rings. The number of hydrogen-bond acceptors (Lipinski definition) is 3. The van der Waals surface area contributed by atoms with Gasteiger partial charge in [0.25, 0.3) is 0 Å². The summed E-state index contributed by atoms with van der Waals surface area (Å²) < 4.78 is 0. The monoisotopic (exact) mass is 171 g/mol. The molecule has 0 aromatic rings. The largest absolute Gasteiger partial charge is 0.288 e. The molecule has 11 heavy (non-hydrogen) atoms. The Morgan fingerprint density at radius 3 is 2.45 bits per heavy atom. The average Bonchev–Trinajstić information content (AvgIpc) is 1.84. The van der Waals surface area contributed by atoms with Gasteiger partial charge in [0.2, 0.25) is 0 Å². The summed E-state index contributed by atoms with van der Waals surface area (Å²) in [5.41, 5.74) is 0. The van der Waals surface area contributed by atoms with Crippen molar-refractivity contribution in [3.8, 4) is 6.07 Å². The predicted molar refractivity (Wildman–Crippen MR) is 47.1 cm³/mol. The van der Waals surface area contributed by atoms with Crippen molar-refractivity contribution in [2.45, 2.75) is 32.4 Å². The second-order valence-electron chi connectivity index (χ2n) is 2.86. The highest BCUT2D eigenvalue weighted by atomic mass is 32.2. The zero-order valence-corrected chi connectivity index (χ0v) is 7.94. The second kappa shape index (κ2) is 5.20. The number of rotatable bonds is 3. The van der Waals surface area contributed by atoms with Crippen molar-refractivity contribution >= 4 is 16.9 Å². The SMILES string of the molecule is CC(=O)S[C@H](C#N)CC(C)C. The van der Waals surface area contributed by atoms with Crippen LogP contribution in [0.2, 0.25) is 0 Å². The van der Waals surface area contributed by atoms with Gasteiger partial charge in [0.15, 0.2) is 5.12 Å². The summed E-state index contributed by atoms with van der Waals surface area (Å²) in [6.07, 6.45) is 0.792. The van der Waals surface area contributed by atoms with Crippen LogP contribution >= 0.6 is 11.8 Å². The van der Waals surface area contributed by atoms with E-state index in [-0.39, 0.29) is 10.4 Å². The lowest BCUT2D eigenvalue weighted by molar-refractivity contribution is -0.109. The van der Waals surface area contributed by atoms with E-state index in [1.54, 1.807) is 0 Å². The zero-order valence-electron chi connectivity index (χ0n) is 7.13. The fourth-order valence-electron chi connectivity index (χ4n) is 0.756. The van der Waals surface area contributed by atoms with Gasteiger partial charge in [-0.25, -0.2) is 0 Å². The van der Waals surface area contributed by atoms with Crippen LogP contribution in [0.1, 0.15) is 27.2 Å². The number of nitrogens with zero attached hydrogens (tertiary/aromatic N) is 1. The summed E-state index contributed by atoms with van der Waals surface area (Å²) in [6, 6.07) is 2.11. The number of hydrogen-bond donors (Lipinski definition) is 0. The normalized spacial score (nSPS) is 12.6. The van der Waals surface area contributed by atoms with E-state index in [1.165, 1.54) is 6.92 Å². The molecule has 0 amide bonds. The predicted octanol–water partition coefficient (Wildman–Crippen LogP) is 2.20. The molecule has 0 aliphatic heterocycles. The highest BCUT2D eigenvalue weighted by Crippen LogP contribution is 2.18. The molecular weight excluding hydrogens is 158 g/mol. The molecule has 0 aliphatic carbocycles. The van der Waals surface area contributed by atoms with E-state index in [0.717, 1.165) is 18.2 Å². The number of carbonyl (C=O) groups excluding carboxylic acids is 1. The molecule has 0 heterocycles. The molecule has 0 saturated carbocycles. The molecule has 0 radical (unpaired) electrons. The van der Waals surface area contributed by atoms with Crippen LogP contribution in [0.5, 0.6) is 0 Å². The number of nitriles is 1. The van der Waals surface area contributed by atoms with Gasteiger partial charge in [-0.1, -0.05) is 25.6 Å². The van der Waals surface area contributed by atoms with Crippen LogP contribution in [-0.2, 0) is 4.79 Å². The van der Waals surface area contributed by atoms with Crippen molar-refractivity contribution in [2.24, 2.45) is 5.92 Å². The van der Waals surface area contributed by atoms with Crippen molar-refractivity contribution in [2.75, 3.05) is 0 Å². The minimum absolute atomic E-state index is 0.0252. The van der Waals surface area contributed by atoms with E-state index >= 15 is 0 Å². The van der Waals surface area contributed by atoms with Crippen LogP contribution in [0.25, 0.3) is 0 Å². The summed E-state index contributed by atoms with van der Waals surface area (Å²) in [5.74, 6) is 0.478. The van der Waals surface area contributed by atoms with E-state index in [1.807, 2.05) is 13.8 Å². The van der Waals surface area contributed by atoms with Crippen LogP contribution in [0.3, 0.4) is 0 Å². The Morgan fingerprint density at radius 2 is 2.18 bits per heavy atom.